The number of anilines is 2. The molecule has 1 amide bonds. The Bertz CT molecular complexity index is 612. The van der Waals surface area contributed by atoms with Gasteiger partial charge < -0.3 is 10.2 Å². The zero-order valence-corrected chi connectivity index (χ0v) is 12.4. The molecule has 2 rings (SSSR count). The molecule has 3 nitrogen and oxygen atoms in total. The molecular formula is C17H20N2O. The molecule has 104 valence electrons. The highest BCUT2D eigenvalue weighted by molar-refractivity contribution is 6.04. The van der Waals surface area contributed by atoms with E-state index >= 15 is 0 Å². The molecule has 0 aromatic heterocycles. The summed E-state index contributed by atoms with van der Waals surface area (Å²) in [5.74, 6) is -0.0845. The highest BCUT2D eigenvalue weighted by atomic mass is 16.1. The molecule has 0 aliphatic rings. The minimum atomic E-state index is -0.0845. The van der Waals surface area contributed by atoms with Gasteiger partial charge in [0, 0.05) is 31.0 Å². The Morgan fingerprint density at radius 1 is 1.00 bits per heavy atom. The first kappa shape index (κ1) is 14.1. The minimum Gasteiger partial charge on any atom is -0.378 e. The Morgan fingerprint density at radius 2 is 1.65 bits per heavy atom. The van der Waals surface area contributed by atoms with Crippen LogP contribution in [0.1, 0.15) is 21.5 Å². The fourth-order valence-corrected chi connectivity index (χ4v) is 2.18. The summed E-state index contributed by atoms with van der Waals surface area (Å²) in [6.45, 7) is 4.05. The van der Waals surface area contributed by atoms with Crippen molar-refractivity contribution in [2.45, 2.75) is 13.8 Å². The predicted molar refractivity (Wildman–Crippen MR) is 84.6 cm³/mol. The second-order valence-electron chi connectivity index (χ2n) is 5.28. The fraction of sp³-hybridized carbons (Fsp3) is 0.235. The minimum absolute atomic E-state index is 0.0845. The molecule has 20 heavy (non-hydrogen) atoms. The van der Waals surface area contributed by atoms with Gasteiger partial charge in [0.05, 0.1) is 0 Å². The van der Waals surface area contributed by atoms with E-state index in [-0.39, 0.29) is 5.91 Å². The number of amides is 1. The average molecular weight is 268 g/mol. The highest BCUT2D eigenvalue weighted by Crippen LogP contribution is 2.17. The lowest BCUT2D eigenvalue weighted by molar-refractivity contribution is 0.102. The summed E-state index contributed by atoms with van der Waals surface area (Å²) in [6, 6.07) is 13.6. The zero-order valence-electron chi connectivity index (χ0n) is 12.4. The molecule has 0 saturated heterocycles. The lowest BCUT2D eigenvalue weighted by Crippen LogP contribution is -2.14. The van der Waals surface area contributed by atoms with Crippen LogP contribution in [0, 0.1) is 13.8 Å². The number of benzene rings is 2. The van der Waals surface area contributed by atoms with Gasteiger partial charge in [0.1, 0.15) is 0 Å². The normalized spacial score (nSPS) is 10.2. The van der Waals surface area contributed by atoms with E-state index in [0.29, 0.717) is 5.56 Å². The second-order valence-corrected chi connectivity index (χ2v) is 5.28. The highest BCUT2D eigenvalue weighted by Gasteiger charge is 2.08. The third kappa shape index (κ3) is 3.38. The number of carbonyl (C=O) groups excluding carboxylic acids is 1. The maximum Gasteiger partial charge on any atom is 0.255 e. The molecule has 0 fully saturated rings. The molecule has 3 heteroatoms. The zero-order chi connectivity index (χ0) is 14.7. The first-order valence-corrected chi connectivity index (χ1v) is 6.63. The molecule has 0 radical (unpaired) electrons. The van der Waals surface area contributed by atoms with E-state index in [1.54, 1.807) is 0 Å². The van der Waals surface area contributed by atoms with Crippen molar-refractivity contribution in [3.8, 4) is 0 Å². The predicted octanol–water partition coefficient (Wildman–Crippen LogP) is 3.62. The van der Waals surface area contributed by atoms with E-state index in [4.69, 9.17) is 0 Å². The van der Waals surface area contributed by atoms with Gasteiger partial charge >= 0.3 is 0 Å². The van der Waals surface area contributed by atoms with E-state index in [0.717, 1.165) is 22.5 Å². The van der Waals surface area contributed by atoms with E-state index in [1.807, 2.05) is 69.2 Å². The summed E-state index contributed by atoms with van der Waals surface area (Å²) in [6.07, 6.45) is 0. The van der Waals surface area contributed by atoms with E-state index in [2.05, 4.69) is 11.4 Å². The monoisotopic (exact) mass is 268 g/mol. The number of hydrogen-bond donors (Lipinski definition) is 1. The maximum absolute atomic E-state index is 12.3. The summed E-state index contributed by atoms with van der Waals surface area (Å²) in [7, 11) is 3.92. The quantitative estimate of drug-likeness (QED) is 0.922. The molecule has 0 spiro atoms. The first-order valence-electron chi connectivity index (χ1n) is 6.63. The summed E-state index contributed by atoms with van der Waals surface area (Å²) in [5.41, 5.74) is 4.79. The molecule has 0 aliphatic carbocycles. The molecule has 0 bridgehead atoms. The van der Waals surface area contributed by atoms with Crippen molar-refractivity contribution in [1.82, 2.24) is 0 Å². The van der Waals surface area contributed by atoms with Crippen molar-refractivity contribution in [3.63, 3.8) is 0 Å². The number of aryl methyl sites for hydroxylation is 2. The largest absolute Gasteiger partial charge is 0.378 e. The number of hydrogen-bond acceptors (Lipinski definition) is 2. The fourth-order valence-electron chi connectivity index (χ4n) is 2.18. The van der Waals surface area contributed by atoms with Gasteiger partial charge in [0.2, 0.25) is 0 Å². The van der Waals surface area contributed by atoms with Gasteiger partial charge in [-0.3, -0.25) is 4.79 Å². The molecule has 2 aromatic rings. The summed E-state index contributed by atoms with van der Waals surface area (Å²) >= 11 is 0. The molecule has 0 aliphatic heterocycles. The van der Waals surface area contributed by atoms with E-state index < -0.39 is 0 Å². The van der Waals surface area contributed by atoms with E-state index in [9.17, 15) is 4.79 Å². The average Bonchev–Trinajstić information content (AvgIpc) is 2.37. The number of carbonyl (C=O) groups is 1. The van der Waals surface area contributed by atoms with Crippen LogP contribution in [0.25, 0.3) is 0 Å². The topological polar surface area (TPSA) is 32.3 Å². The van der Waals surface area contributed by atoms with Crippen molar-refractivity contribution in [2.75, 3.05) is 24.3 Å². The lowest BCUT2D eigenvalue weighted by Gasteiger charge is -2.13. The Kier molecular flexibility index (Phi) is 4.08. The van der Waals surface area contributed by atoms with Crippen molar-refractivity contribution in [3.05, 3.63) is 59.2 Å². The van der Waals surface area contributed by atoms with Gasteiger partial charge in [0.25, 0.3) is 5.91 Å². The van der Waals surface area contributed by atoms with Crippen LogP contribution in [-0.4, -0.2) is 20.0 Å². The van der Waals surface area contributed by atoms with Gasteiger partial charge in [-0.2, -0.15) is 0 Å². The van der Waals surface area contributed by atoms with Crippen LogP contribution in [0.4, 0.5) is 11.4 Å². The number of rotatable bonds is 3. The molecule has 0 unspecified atom stereocenters. The van der Waals surface area contributed by atoms with Crippen LogP contribution < -0.4 is 10.2 Å². The van der Waals surface area contributed by atoms with Crippen LogP contribution >= 0.6 is 0 Å². The third-order valence-corrected chi connectivity index (χ3v) is 3.10. The smallest absolute Gasteiger partial charge is 0.255 e. The van der Waals surface area contributed by atoms with Crippen LogP contribution in [0.2, 0.25) is 0 Å². The third-order valence-electron chi connectivity index (χ3n) is 3.10. The van der Waals surface area contributed by atoms with Crippen LogP contribution in [0.3, 0.4) is 0 Å². The molecule has 0 saturated carbocycles. The molecule has 0 heterocycles. The SMILES string of the molecule is Cc1cc(C)cc(NC(=O)c2cccc(N(C)C)c2)c1. The summed E-state index contributed by atoms with van der Waals surface area (Å²) < 4.78 is 0. The number of nitrogens with zero attached hydrogens (tertiary/aromatic N) is 1. The van der Waals surface area contributed by atoms with E-state index in [1.165, 1.54) is 0 Å². The second kappa shape index (κ2) is 5.78. The van der Waals surface area contributed by atoms with Crippen LogP contribution in [0.5, 0.6) is 0 Å². The maximum atomic E-state index is 12.3. The number of nitrogens with one attached hydrogen (secondary N) is 1. The Morgan fingerprint density at radius 3 is 2.25 bits per heavy atom. The molecular weight excluding hydrogens is 248 g/mol. The van der Waals surface area contributed by atoms with Gasteiger partial charge in [-0.25, -0.2) is 0 Å². The summed E-state index contributed by atoms with van der Waals surface area (Å²) in [5, 5.41) is 2.95. The first-order chi connectivity index (χ1) is 9.45. The van der Waals surface area contributed by atoms with Gasteiger partial charge in [-0.05, 0) is 55.3 Å². The lowest BCUT2D eigenvalue weighted by atomic mass is 10.1. The standard InChI is InChI=1S/C17H20N2O/c1-12-8-13(2)10-15(9-12)18-17(20)14-6-5-7-16(11-14)19(3)4/h5-11H,1-4H3,(H,18,20). The van der Waals surface area contributed by atoms with Gasteiger partial charge in [-0.1, -0.05) is 12.1 Å². The van der Waals surface area contributed by atoms with Gasteiger partial charge in [-0.15, -0.1) is 0 Å². The van der Waals surface area contributed by atoms with Crippen LogP contribution in [-0.2, 0) is 0 Å². The Hall–Kier alpha value is -2.29. The molecule has 0 atom stereocenters. The van der Waals surface area contributed by atoms with Crippen molar-refractivity contribution >= 4 is 17.3 Å². The van der Waals surface area contributed by atoms with Crippen molar-refractivity contribution in [2.24, 2.45) is 0 Å². The Balaban J connectivity index is 2.21. The van der Waals surface area contributed by atoms with Gasteiger partial charge in [0.15, 0.2) is 0 Å². The van der Waals surface area contributed by atoms with Crippen molar-refractivity contribution < 1.29 is 4.79 Å². The molecule has 1 N–H and O–H groups in total. The molecule has 2 aromatic carbocycles. The summed E-state index contributed by atoms with van der Waals surface area (Å²) in [4.78, 5) is 14.3. The van der Waals surface area contributed by atoms with Crippen LogP contribution in [0.15, 0.2) is 42.5 Å². The Labute approximate surface area is 120 Å². The van der Waals surface area contributed by atoms with Crippen molar-refractivity contribution in [1.29, 1.82) is 0 Å².